The van der Waals surface area contributed by atoms with Crippen LogP contribution in [0.1, 0.15) is 46.4 Å². The summed E-state index contributed by atoms with van der Waals surface area (Å²) in [5.74, 6) is 0.589. The van der Waals surface area contributed by atoms with Crippen LogP contribution in [0.15, 0.2) is 60.8 Å². The summed E-state index contributed by atoms with van der Waals surface area (Å²) in [5, 5.41) is 10.1. The first kappa shape index (κ1) is 19.8. The summed E-state index contributed by atoms with van der Waals surface area (Å²) in [7, 11) is 0. The average Bonchev–Trinajstić information content (AvgIpc) is 3.32. The molecular formula is C26H26N2O3. The van der Waals surface area contributed by atoms with Gasteiger partial charge in [-0.25, -0.2) is 0 Å². The van der Waals surface area contributed by atoms with Gasteiger partial charge in [0.05, 0.1) is 11.7 Å². The molecular weight excluding hydrogens is 388 g/mol. The van der Waals surface area contributed by atoms with Crippen LogP contribution < -0.4 is 4.74 Å². The van der Waals surface area contributed by atoms with Gasteiger partial charge in [-0.15, -0.1) is 0 Å². The minimum Gasteiger partial charge on any atom is -0.487 e. The summed E-state index contributed by atoms with van der Waals surface area (Å²) >= 11 is 0. The smallest absolute Gasteiger partial charge is 0.258 e. The van der Waals surface area contributed by atoms with Crippen molar-refractivity contribution in [2.24, 2.45) is 0 Å². The molecule has 2 heterocycles. The van der Waals surface area contributed by atoms with E-state index in [-0.39, 0.29) is 12.0 Å². The third kappa shape index (κ3) is 3.93. The Kier molecular flexibility index (Phi) is 5.20. The van der Waals surface area contributed by atoms with Crippen LogP contribution >= 0.6 is 0 Å². The number of nitrogens with zero attached hydrogens (tertiary/aromatic N) is 2. The van der Waals surface area contributed by atoms with E-state index in [1.165, 1.54) is 0 Å². The van der Waals surface area contributed by atoms with Gasteiger partial charge in [0.15, 0.2) is 0 Å². The third-order valence-electron chi connectivity index (χ3n) is 6.23. The van der Waals surface area contributed by atoms with Crippen molar-refractivity contribution >= 4 is 5.91 Å². The van der Waals surface area contributed by atoms with E-state index in [4.69, 9.17) is 4.74 Å². The van der Waals surface area contributed by atoms with Crippen molar-refractivity contribution in [3.05, 3.63) is 83.2 Å². The molecule has 1 fully saturated rings. The summed E-state index contributed by atoms with van der Waals surface area (Å²) in [4.78, 5) is 19.3. The van der Waals surface area contributed by atoms with Gasteiger partial charge < -0.3 is 14.7 Å². The van der Waals surface area contributed by atoms with Crippen LogP contribution in [0.4, 0.5) is 0 Å². The number of carbonyl (C=O) groups is 1. The van der Waals surface area contributed by atoms with E-state index in [2.05, 4.69) is 35.3 Å². The van der Waals surface area contributed by atoms with E-state index in [0.29, 0.717) is 24.4 Å². The number of ether oxygens (including phenoxy) is 1. The normalized spacial score (nSPS) is 20.2. The van der Waals surface area contributed by atoms with Crippen molar-refractivity contribution in [2.45, 2.75) is 51.5 Å². The van der Waals surface area contributed by atoms with Crippen molar-refractivity contribution in [3.63, 3.8) is 0 Å². The summed E-state index contributed by atoms with van der Waals surface area (Å²) in [6, 6.07) is 18.2. The lowest BCUT2D eigenvalue weighted by atomic mass is 10.0. The van der Waals surface area contributed by atoms with Crippen LogP contribution in [0.25, 0.3) is 11.1 Å². The molecule has 3 aromatic rings. The highest BCUT2D eigenvalue weighted by atomic mass is 16.5. The molecule has 5 heteroatoms. The lowest BCUT2D eigenvalue weighted by Crippen LogP contribution is -2.27. The maximum absolute atomic E-state index is 13.2. The fraction of sp³-hybridized carbons (Fsp3) is 0.308. The fourth-order valence-electron chi connectivity index (χ4n) is 4.57. The number of carbonyl (C=O) groups excluding carboxylic acids is 1. The summed E-state index contributed by atoms with van der Waals surface area (Å²) in [6.07, 6.45) is 3.68. The molecule has 2 aromatic carbocycles. The standard InChI is InChI=1S/C26H26N2O3/c1-17-14-20(12-13-27-17)19-10-8-18(9-11-19)15-28-16-21-4-2-7-24(25(21)26(28)30)31-23-6-3-5-22(23)29/h2,4,7-14,22-23,29H,3,5-6,15-16H2,1H3/t22-,23-/m0/s1. The van der Waals surface area contributed by atoms with Crippen molar-refractivity contribution < 1.29 is 14.6 Å². The average molecular weight is 415 g/mol. The number of pyridine rings is 1. The highest BCUT2D eigenvalue weighted by Gasteiger charge is 2.33. The number of benzene rings is 2. The van der Waals surface area contributed by atoms with Crippen LogP contribution in [-0.2, 0) is 13.1 Å². The minimum absolute atomic E-state index is 0.00748. The van der Waals surface area contributed by atoms with Gasteiger partial charge in [-0.1, -0.05) is 36.4 Å². The Morgan fingerprint density at radius 2 is 1.94 bits per heavy atom. The Morgan fingerprint density at radius 3 is 2.68 bits per heavy atom. The molecule has 158 valence electrons. The zero-order chi connectivity index (χ0) is 21.4. The zero-order valence-corrected chi connectivity index (χ0v) is 17.6. The van der Waals surface area contributed by atoms with Gasteiger partial charge in [0.25, 0.3) is 5.91 Å². The molecule has 5 rings (SSSR count). The van der Waals surface area contributed by atoms with E-state index < -0.39 is 6.10 Å². The Hall–Kier alpha value is -3.18. The van der Waals surface area contributed by atoms with Gasteiger partial charge in [-0.05, 0) is 66.6 Å². The zero-order valence-electron chi connectivity index (χ0n) is 17.6. The van der Waals surface area contributed by atoms with Crippen molar-refractivity contribution in [1.82, 2.24) is 9.88 Å². The molecule has 0 bridgehead atoms. The number of hydrogen-bond acceptors (Lipinski definition) is 4. The number of hydrogen-bond donors (Lipinski definition) is 1. The number of aliphatic hydroxyl groups is 1. The predicted molar refractivity (Wildman–Crippen MR) is 119 cm³/mol. The maximum Gasteiger partial charge on any atom is 0.258 e. The minimum atomic E-state index is -0.453. The molecule has 2 aliphatic rings. The second-order valence-electron chi connectivity index (χ2n) is 8.49. The topological polar surface area (TPSA) is 62.7 Å². The second kappa shape index (κ2) is 8.16. The number of amides is 1. The predicted octanol–water partition coefficient (Wildman–Crippen LogP) is 4.51. The molecule has 0 saturated heterocycles. The number of aromatic nitrogens is 1. The molecule has 1 N–H and O–H groups in total. The highest BCUT2D eigenvalue weighted by Crippen LogP contribution is 2.34. The Morgan fingerprint density at radius 1 is 1.10 bits per heavy atom. The lowest BCUT2D eigenvalue weighted by molar-refractivity contribution is 0.0582. The van der Waals surface area contributed by atoms with Gasteiger partial charge in [-0.2, -0.15) is 0 Å². The largest absolute Gasteiger partial charge is 0.487 e. The number of aryl methyl sites for hydroxylation is 1. The van der Waals surface area contributed by atoms with Gasteiger partial charge in [-0.3, -0.25) is 9.78 Å². The van der Waals surface area contributed by atoms with E-state index >= 15 is 0 Å². The van der Waals surface area contributed by atoms with Crippen LogP contribution in [0.5, 0.6) is 5.75 Å². The molecule has 0 unspecified atom stereocenters. The molecule has 31 heavy (non-hydrogen) atoms. The molecule has 1 aliphatic heterocycles. The van der Waals surface area contributed by atoms with E-state index in [0.717, 1.165) is 47.2 Å². The van der Waals surface area contributed by atoms with Crippen LogP contribution in [0.3, 0.4) is 0 Å². The van der Waals surface area contributed by atoms with Gasteiger partial charge in [0.2, 0.25) is 0 Å². The monoisotopic (exact) mass is 414 g/mol. The second-order valence-corrected chi connectivity index (χ2v) is 8.49. The molecule has 1 aliphatic carbocycles. The number of aliphatic hydroxyl groups excluding tert-OH is 1. The summed E-state index contributed by atoms with van der Waals surface area (Å²) in [6.45, 7) is 3.11. The van der Waals surface area contributed by atoms with Gasteiger partial charge in [0, 0.05) is 25.0 Å². The Balaban J connectivity index is 1.31. The molecule has 0 radical (unpaired) electrons. The Bertz CT molecular complexity index is 1110. The molecule has 1 aromatic heterocycles. The lowest BCUT2D eigenvalue weighted by Gasteiger charge is -2.19. The molecule has 0 spiro atoms. The number of rotatable bonds is 5. The fourth-order valence-corrected chi connectivity index (χ4v) is 4.57. The molecule has 2 atom stereocenters. The maximum atomic E-state index is 13.2. The molecule has 1 saturated carbocycles. The molecule has 1 amide bonds. The van der Waals surface area contributed by atoms with Crippen LogP contribution in [0.2, 0.25) is 0 Å². The number of fused-ring (bicyclic) bond motifs is 1. The van der Waals surface area contributed by atoms with E-state index in [1.54, 1.807) is 0 Å². The first-order chi connectivity index (χ1) is 15.1. The third-order valence-corrected chi connectivity index (χ3v) is 6.23. The van der Waals surface area contributed by atoms with Crippen molar-refractivity contribution in [1.29, 1.82) is 0 Å². The van der Waals surface area contributed by atoms with Crippen molar-refractivity contribution in [2.75, 3.05) is 0 Å². The Labute approximate surface area is 182 Å². The van der Waals surface area contributed by atoms with Crippen LogP contribution in [0, 0.1) is 6.92 Å². The first-order valence-corrected chi connectivity index (χ1v) is 10.9. The van der Waals surface area contributed by atoms with Gasteiger partial charge in [0.1, 0.15) is 11.9 Å². The summed E-state index contributed by atoms with van der Waals surface area (Å²) in [5.41, 5.74) is 5.98. The summed E-state index contributed by atoms with van der Waals surface area (Å²) < 4.78 is 6.07. The van der Waals surface area contributed by atoms with Gasteiger partial charge >= 0.3 is 0 Å². The van der Waals surface area contributed by atoms with Crippen LogP contribution in [-0.4, -0.2) is 33.1 Å². The quantitative estimate of drug-likeness (QED) is 0.668. The van der Waals surface area contributed by atoms with E-state index in [9.17, 15) is 9.90 Å². The van der Waals surface area contributed by atoms with E-state index in [1.807, 2.05) is 42.3 Å². The van der Waals surface area contributed by atoms with Crippen molar-refractivity contribution in [3.8, 4) is 16.9 Å². The highest BCUT2D eigenvalue weighted by molar-refractivity contribution is 6.01. The first-order valence-electron chi connectivity index (χ1n) is 10.9. The SMILES string of the molecule is Cc1cc(-c2ccc(CN3Cc4cccc(O[C@H]5CCC[C@@H]5O)c4C3=O)cc2)ccn1. The molecule has 5 nitrogen and oxygen atoms in total.